The third kappa shape index (κ3) is 2.46. The van der Waals surface area contributed by atoms with Crippen LogP contribution in [-0.2, 0) is 11.8 Å². The first-order valence-corrected chi connectivity index (χ1v) is 7.05. The molecule has 0 aliphatic carbocycles. The van der Waals surface area contributed by atoms with Crippen LogP contribution in [0.2, 0.25) is 0 Å². The van der Waals surface area contributed by atoms with E-state index < -0.39 is 5.97 Å². The van der Waals surface area contributed by atoms with E-state index in [1.165, 1.54) is 12.1 Å². The summed E-state index contributed by atoms with van der Waals surface area (Å²) in [6, 6.07) is 4.49. The maximum Gasteiger partial charge on any atom is 0.308 e. The van der Waals surface area contributed by atoms with Crippen molar-refractivity contribution in [1.82, 2.24) is 9.55 Å². The van der Waals surface area contributed by atoms with E-state index >= 15 is 0 Å². The number of carboxylic acid groups (broad SMARTS) is 1. The molecule has 0 saturated carbocycles. The molecule has 2 heterocycles. The van der Waals surface area contributed by atoms with Crippen LogP contribution in [0.1, 0.15) is 13.3 Å². The summed E-state index contributed by atoms with van der Waals surface area (Å²) >= 11 is 0. The first-order valence-electron chi connectivity index (χ1n) is 7.05. The van der Waals surface area contributed by atoms with Gasteiger partial charge >= 0.3 is 5.97 Å². The molecule has 2 atom stereocenters. The summed E-state index contributed by atoms with van der Waals surface area (Å²) in [6.45, 7) is 3.26. The monoisotopic (exact) mass is 291 g/mol. The Morgan fingerprint density at radius 2 is 2.19 bits per heavy atom. The third-order valence-electron chi connectivity index (χ3n) is 4.11. The maximum absolute atomic E-state index is 13.4. The lowest BCUT2D eigenvalue weighted by atomic mass is 9.91. The number of hydrogen-bond donors (Lipinski definition) is 1. The van der Waals surface area contributed by atoms with Crippen LogP contribution in [0.25, 0.3) is 11.0 Å². The lowest BCUT2D eigenvalue weighted by Crippen LogP contribution is -2.43. The van der Waals surface area contributed by atoms with Crippen LogP contribution in [0.5, 0.6) is 0 Å². The number of carbonyl (C=O) groups is 1. The van der Waals surface area contributed by atoms with Gasteiger partial charge in [0.1, 0.15) is 5.82 Å². The Bertz CT molecular complexity index is 698. The first kappa shape index (κ1) is 13.9. The number of nitrogens with zero attached hydrogens (tertiary/aromatic N) is 3. The number of imidazole rings is 1. The molecule has 1 saturated heterocycles. The zero-order valence-corrected chi connectivity index (χ0v) is 12.1. The smallest absolute Gasteiger partial charge is 0.308 e. The van der Waals surface area contributed by atoms with Crippen molar-refractivity contribution in [3.63, 3.8) is 0 Å². The van der Waals surface area contributed by atoms with Gasteiger partial charge in [-0.25, -0.2) is 9.37 Å². The van der Waals surface area contributed by atoms with Crippen molar-refractivity contribution in [2.24, 2.45) is 18.9 Å². The molecule has 6 heteroatoms. The Morgan fingerprint density at radius 3 is 2.90 bits per heavy atom. The van der Waals surface area contributed by atoms with Crippen molar-refractivity contribution in [3.8, 4) is 0 Å². The molecule has 1 fully saturated rings. The van der Waals surface area contributed by atoms with Crippen molar-refractivity contribution in [2.45, 2.75) is 13.3 Å². The summed E-state index contributed by atoms with van der Waals surface area (Å²) in [5, 5.41) is 9.26. The van der Waals surface area contributed by atoms with Gasteiger partial charge in [-0.3, -0.25) is 4.79 Å². The van der Waals surface area contributed by atoms with Crippen molar-refractivity contribution >= 4 is 23.0 Å². The van der Waals surface area contributed by atoms with Crippen LogP contribution in [0.3, 0.4) is 0 Å². The lowest BCUT2D eigenvalue weighted by Gasteiger charge is -2.35. The number of aromatic nitrogens is 2. The van der Waals surface area contributed by atoms with Crippen LogP contribution in [0.15, 0.2) is 18.2 Å². The number of piperidine rings is 1. The number of carboxylic acids is 1. The predicted molar refractivity (Wildman–Crippen MR) is 77.8 cm³/mol. The molecule has 1 N–H and O–H groups in total. The average molecular weight is 291 g/mol. The number of aliphatic carboxylic acids is 1. The molecule has 0 radical (unpaired) electrons. The van der Waals surface area contributed by atoms with Gasteiger partial charge in [-0.2, -0.15) is 0 Å². The molecule has 1 aliphatic heterocycles. The van der Waals surface area contributed by atoms with E-state index in [4.69, 9.17) is 0 Å². The number of fused-ring (bicyclic) bond motifs is 1. The Balaban J connectivity index is 1.99. The van der Waals surface area contributed by atoms with Gasteiger partial charge in [-0.05, 0) is 30.5 Å². The Morgan fingerprint density at radius 1 is 1.43 bits per heavy atom. The van der Waals surface area contributed by atoms with Crippen molar-refractivity contribution in [1.29, 1.82) is 0 Å². The summed E-state index contributed by atoms with van der Waals surface area (Å²) in [7, 11) is 1.83. The van der Waals surface area contributed by atoms with Crippen molar-refractivity contribution < 1.29 is 14.3 Å². The van der Waals surface area contributed by atoms with E-state index in [-0.39, 0.29) is 17.7 Å². The van der Waals surface area contributed by atoms with Gasteiger partial charge in [0.2, 0.25) is 5.95 Å². The largest absolute Gasteiger partial charge is 0.481 e. The molecule has 3 rings (SSSR count). The number of benzene rings is 1. The second-order valence-corrected chi connectivity index (χ2v) is 5.88. The Hall–Kier alpha value is -2.11. The van der Waals surface area contributed by atoms with Gasteiger partial charge < -0.3 is 14.6 Å². The maximum atomic E-state index is 13.4. The number of hydrogen-bond acceptors (Lipinski definition) is 3. The third-order valence-corrected chi connectivity index (χ3v) is 4.11. The zero-order valence-electron chi connectivity index (χ0n) is 12.1. The van der Waals surface area contributed by atoms with E-state index in [9.17, 15) is 14.3 Å². The van der Waals surface area contributed by atoms with Gasteiger partial charge in [-0.1, -0.05) is 6.92 Å². The lowest BCUT2D eigenvalue weighted by molar-refractivity contribution is -0.142. The number of anilines is 1. The zero-order chi connectivity index (χ0) is 15.1. The fourth-order valence-electron chi connectivity index (χ4n) is 3.13. The predicted octanol–water partition coefficient (Wildman–Crippen LogP) is 2.26. The van der Waals surface area contributed by atoms with Gasteiger partial charge in [0.15, 0.2) is 0 Å². The van der Waals surface area contributed by atoms with Crippen molar-refractivity contribution in [2.75, 3.05) is 18.0 Å². The topological polar surface area (TPSA) is 58.4 Å². The molecule has 112 valence electrons. The molecule has 0 amide bonds. The molecule has 21 heavy (non-hydrogen) atoms. The molecule has 1 aliphatic rings. The fourth-order valence-corrected chi connectivity index (χ4v) is 3.13. The van der Waals surface area contributed by atoms with E-state index in [1.54, 1.807) is 6.07 Å². The Labute approximate surface area is 122 Å². The molecule has 0 spiro atoms. The van der Waals surface area contributed by atoms with Crippen LogP contribution in [0, 0.1) is 17.7 Å². The summed E-state index contributed by atoms with van der Waals surface area (Å²) in [6.07, 6.45) is 0.685. The van der Waals surface area contributed by atoms with Gasteiger partial charge in [-0.15, -0.1) is 0 Å². The molecule has 2 unspecified atom stereocenters. The highest BCUT2D eigenvalue weighted by molar-refractivity contribution is 5.79. The molecular formula is C15H18FN3O2. The highest BCUT2D eigenvalue weighted by atomic mass is 19.1. The van der Waals surface area contributed by atoms with Crippen LogP contribution in [0.4, 0.5) is 10.3 Å². The average Bonchev–Trinajstić information content (AvgIpc) is 2.75. The Kier molecular flexibility index (Phi) is 3.31. The normalized spacial score (nSPS) is 22.7. The first-order chi connectivity index (χ1) is 9.95. The second-order valence-electron chi connectivity index (χ2n) is 5.88. The standard InChI is InChI=1S/C15H18FN3O2/c1-9-5-10(14(20)21)8-19(7-9)15-17-12-4-3-11(16)6-13(12)18(15)2/h3-4,6,9-10H,5,7-8H2,1-2H3,(H,20,21). The van der Waals surface area contributed by atoms with Crippen molar-refractivity contribution in [3.05, 3.63) is 24.0 Å². The van der Waals surface area contributed by atoms with Crippen LogP contribution >= 0.6 is 0 Å². The highest BCUT2D eigenvalue weighted by Gasteiger charge is 2.31. The number of halogens is 1. The summed E-state index contributed by atoms with van der Waals surface area (Å²) in [4.78, 5) is 17.8. The summed E-state index contributed by atoms with van der Waals surface area (Å²) in [5.41, 5.74) is 1.44. The summed E-state index contributed by atoms with van der Waals surface area (Å²) in [5.74, 6) is -0.459. The second kappa shape index (κ2) is 5.02. The van der Waals surface area contributed by atoms with Gasteiger partial charge in [0, 0.05) is 20.1 Å². The molecular weight excluding hydrogens is 273 g/mol. The molecule has 0 bridgehead atoms. The van der Waals surface area contributed by atoms with Gasteiger partial charge in [0.05, 0.1) is 17.0 Å². The molecule has 1 aromatic carbocycles. The molecule has 1 aromatic heterocycles. The highest BCUT2D eigenvalue weighted by Crippen LogP contribution is 2.28. The number of aryl methyl sites for hydroxylation is 1. The number of rotatable bonds is 2. The quantitative estimate of drug-likeness (QED) is 0.922. The van der Waals surface area contributed by atoms with Crippen LogP contribution < -0.4 is 4.90 Å². The SMILES string of the molecule is CC1CC(C(=O)O)CN(c2nc3ccc(F)cc3n2C)C1. The summed E-state index contributed by atoms with van der Waals surface area (Å²) < 4.78 is 15.2. The molecule has 5 nitrogen and oxygen atoms in total. The van der Waals surface area contributed by atoms with Crippen LogP contribution in [-0.4, -0.2) is 33.7 Å². The van der Waals surface area contributed by atoms with E-state index in [1.807, 2.05) is 23.4 Å². The minimum Gasteiger partial charge on any atom is -0.481 e. The van der Waals surface area contributed by atoms with Gasteiger partial charge in [0.25, 0.3) is 0 Å². The molecule has 2 aromatic rings. The van der Waals surface area contributed by atoms with E-state index in [0.29, 0.717) is 18.9 Å². The van der Waals surface area contributed by atoms with E-state index in [0.717, 1.165) is 17.6 Å². The minimum absolute atomic E-state index is 0.288. The fraction of sp³-hybridized carbons (Fsp3) is 0.467. The minimum atomic E-state index is -0.767. The van der Waals surface area contributed by atoms with E-state index in [2.05, 4.69) is 4.98 Å².